The number of aryl methyl sites for hydroxylation is 1. The molecule has 0 radical (unpaired) electrons. The molecule has 0 atom stereocenters. The molecule has 5 nitrogen and oxygen atoms in total. The number of aliphatic carboxylic acids is 1. The number of nitrogens with zero attached hydrogens (tertiary/aromatic N) is 1. The molecule has 0 saturated heterocycles. The van der Waals surface area contributed by atoms with Crippen molar-refractivity contribution in [2.75, 3.05) is 6.61 Å². The third-order valence-electron chi connectivity index (χ3n) is 2.24. The topological polar surface area (TPSA) is 72.0 Å². The zero-order valence-corrected chi connectivity index (χ0v) is 8.10. The fourth-order valence-corrected chi connectivity index (χ4v) is 1.60. The first kappa shape index (κ1) is 9.76. The quantitative estimate of drug-likeness (QED) is 0.764. The van der Waals surface area contributed by atoms with Crippen molar-refractivity contribution in [2.24, 2.45) is 5.16 Å². The monoisotopic (exact) mass is 209 g/mol. The summed E-state index contributed by atoms with van der Waals surface area (Å²) in [6.45, 7) is -0.406. The van der Waals surface area contributed by atoms with E-state index in [0.717, 1.165) is 36.3 Å². The molecule has 0 aromatic carbocycles. The third-order valence-corrected chi connectivity index (χ3v) is 2.24. The maximum atomic E-state index is 10.2. The van der Waals surface area contributed by atoms with Gasteiger partial charge in [-0.25, -0.2) is 4.79 Å². The fourth-order valence-electron chi connectivity index (χ4n) is 1.60. The van der Waals surface area contributed by atoms with Crippen molar-refractivity contribution in [1.29, 1.82) is 0 Å². The first-order valence-electron chi connectivity index (χ1n) is 4.75. The summed E-state index contributed by atoms with van der Waals surface area (Å²) in [4.78, 5) is 14.9. The van der Waals surface area contributed by atoms with Gasteiger partial charge in [0, 0.05) is 12.0 Å². The van der Waals surface area contributed by atoms with Crippen molar-refractivity contribution in [3.63, 3.8) is 0 Å². The van der Waals surface area contributed by atoms with Crippen LogP contribution in [0.3, 0.4) is 0 Å². The van der Waals surface area contributed by atoms with Gasteiger partial charge in [0.05, 0.1) is 12.0 Å². The summed E-state index contributed by atoms with van der Waals surface area (Å²) in [5.74, 6) is -0.124. The molecule has 2 rings (SSSR count). The van der Waals surface area contributed by atoms with E-state index in [1.807, 2.05) is 6.07 Å². The van der Waals surface area contributed by atoms with Crippen molar-refractivity contribution < 1.29 is 19.2 Å². The van der Waals surface area contributed by atoms with Crippen LogP contribution in [-0.2, 0) is 16.1 Å². The molecule has 0 saturated carbocycles. The predicted molar refractivity (Wildman–Crippen MR) is 51.8 cm³/mol. The average Bonchev–Trinajstić information content (AvgIpc) is 2.65. The van der Waals surface area contributed by atoms with Crippen LogP contribution in [0.4, 0.5) is 0 Å². The molecular formula is C10H11NO4. The molecule has 15 heavy (non-hydrogen) atoms. The van der Waals surface area contributed by atoms with E-state index >= 15 is 0 Å². The molecule has 80 valence electrons. The van der Waals surface area contributed by atoms with Gasteiger partial charge in [0.15, 0.2) is 0 Å². The van der Waals surface area contributed by atoms with Crippen LogP contribution >= 0.6 is 0 Å². The third kappa shape index (κ3) is 2.18. The van der Waals surface area contributed by atoms with Crippen molar-refractivity contribution in [1.82, 2.24) is 0 Å². The Kier molecular flexibility index (Phi) is 2.71. The Hall–Kier alpha value is -1.78. The van der Waals surface area contributed by atoms with E-state index in [9.17, 15) is 4.79 Å². The summed E-state index contributed by atoms with van der Waals surface area (Å²) in [5, 5.41) is 12.2. The van der Waals surface area contributed by atoms with Crippen LogP contribution in [-0.4, -0.2) is 23.4 Å². The molecule has 1 N–H and O–H groups in total. The number of furan rings is 1. The van der Waals surface area contributed by atoms with E-state index in [2.05, 4.69) is 5.16 Å². The van der Waals surface area contributed by atoms with E-state index in [-0.39, 0.29) is 0 Å². The van der Waals surface area contributed by atoms with Crippen LogP contribution in [0.1, 0.15) is 24.2 Å². The van der Waals surface area contributed by atoms with Gasteiger partial charge in [-0.3, -0.25) is 0 Å². The van der Waals surface area contributed by atoms with Crippen LogP contribution in [0.25, 0.3) is 0 Å². The van der Waals surface area contributed by atoms with Gasteiger partial charge in [-0.15, -0.1) is 0 Å². The Morgan fingerprint density at radius 3 is 3.27 bits per heavy atom. The van der Waals surface area contributed by atoms with E-state index in [4.69, 9.17) is 14.4 Å². The molecule has 1 aliphatic rings. The highest BCUT2D eigenvalue weighted by Crippen LogP contribution is 2.22. The van der Waals surface area contributed by atoms with Crippen LogP contribution in [0.5, 0.6) is 0 Å². The van der Waals surface area contributed by atoms with Gasteiger partial charge >= 0.3 is 5.97 Å². The number of carboxylic acid groups (broad SMARTS) is 1. The summed E-state index contributed by atoms with van der Waals surface area (Å²) in [6, 6.07) is 1.83. The molecule has 1 aromatic rings. The minimum atomic E-state index is -1.03. The SMILES string of the molecule is O=C(O)CO/N=C1/CCCc2occc21. The van der Waals surface area contributed by atoms with Gasteiger partial charge in [-0.05, 0) is 18.9 Å². The van der Waals surface area contributed by atoms with Crippen molar-refractivity contribution >= 4 is 11.7 Å². The lowest BCUT2D eigenvalue weighted by Gasteiger charge is -2.11. The van der Waals surface area contributed by atoms with Crippen LogP contribution < -0.4 is 0 Å². The number of oxime groups is 1. The number of carbonyl (C=O) groups is 1. The normalized spacial score (nSPS) is 17.5. The van der Waals surface area contributed by atoms with Gasteiger partial charge in [-0.1, -0.05) is 5.16 Å². The average molecular weight is 209 g/mol. The highest BCUT2D eigenvalue weighted by Gasteiger charge is 2.18. The number of rotatable bonds is 3. The Balaban J connectivity index is 2.08. The lowest BCUT2D eigenvalue weighted by Crippen LogP contribution is -2.11. The van der Waals surface area contributed by atoms with E-state index < -0.39 is 12.6 Å². The molecule has 0 amide bonds. The van der Waals surface area contributed by atoms with E-state index in [0.29, 0.717) is 0 Å². The second kappa shape index (κ2) is 4.16. The first-order valence-corrected chi connectivity index (χ1v) is 4.75. The smallest absolute Gasteiger partial charge is 0.344 e. The summed E-state index contributed by atoms with van der Waals surface area (Å²) < 4.78 is 5.26. The van der Waals surface area contributed by atoms with Crippen LogP contribution in [0.2, 0.25) is 0 Å². The number of fused-ring (bicyclic) bond motifs is 1. The van der Waals surface area contributed by atoms with Crippen LogP contribution in [0, 0.1) is 0 Å². The first-order chi connectivity index (χ1) is 7.27. The largest absolute Gasteiger partial charge is 0.479 e. The minimum absolute atomic E-state index is 0.406. The standard InChI is InChI=1S/C10H11NO4/c12-10(13)6-15-11-8-2-1-3-9-7(8)4-5-14-9/h4-5H,1-3,6H2,(H,12,13)/b11-8-. The molecule has 0 fully saturated rings. The summed E-state index contributed by atoms with van der Waals surface area (Å²) in [6.07, 6.45) is 4.27. The Bertz CT molecular complexity index is 394. The zero-order chi connectivity index (χ0) is 10.7. The summed E-state index contributed by atoms with van der Waals surface area (Å²) in [7, 11) is 0. The van der Waals surface area contributed by atoms with E-state index in [1.165, 1.54) is 0 Å². The maximum Gasteiger partial charge on any atom is 0.344 e. The highest BCUT2D eigenvalue weighted by atomic mass is 16.6. The fraction of sp³-hybridized carbons (Fsp3) is 0.400. The molecule has 1 aliphatic carbocycles. The molecule has 5 heteroatoms. The second-order valence-electron chi connectivity index (χ2n) is 3.32. The number of carboxylic acids is 1. The highest BCUT2D eigenvalue weighted by molar-refractivity contribution is 6.01. The van der Waals surface area contributed by atoms with Gasteiger partial charge in [0.1, 0.15) is 5.76 Å². The lowest BCUT2D eigenvalue weighted by molar-refractivity contribution is -0.142. The molecule has 0 aliphatic heterocycles. The lowest BCUT2D eigenvalue weighted by atomic mass is 9.97. The molecule has 1 aromatic heterocycles. The Morgan fingerprint density at radius 1 is 1.60 bits per heavy atom. The van der Waals surface area contributed by atoms with Crippen LogP contribution in [0.15, 0.2) is 21.9 Å². The molecule has 1 heterocycles. The molecule has 0 spiro atoms. The number of hydrogen-bond donors (Lipinski definition) is 1. The second-order valence-corrected chi connectivity index (χ2v) is 3.32. The molecular weight excluding hydrogens is 198 g/mol. The number of hydrogen-bond acceptors (Lipinski definition) is 4. The molecule has 0 unspecified atom stereocenters. The summed E-state index contributed by atoms with van der Waals surface area (Å²) >= 11 is 0. The van der Waals surface area contributed by atoms with Crippen molar-refractivity contribution in [3.05, 3.63) is 23.7 Å². The molecule has 0 bridgehead atoms. The van der Waals surface area contributed by atoms with Gasteiger partial charge in [-0.2, -0.15) is 0 Å². The van der Waals surface area contributed by atoms with Crippen molar-refractivity contribution in [3.8, 4) is 0 Å². The zero-order valence-electron chi connectivity index (χ0n) is 8.10. The Morgan fingerprint density at radius 2 is 2.47 bits per heavy atom. The van der Waals surface area contributed by atoms with Gasteiger partial charge in [0.25, 0.3) is 0 Å². The Labute approximate surface area is 86.3 Å². The van der Waals surface area contributed by atoms with E-state index in [1.54, 1.807) is 6.26 Å². The maximum absolute atomic E-state index is 10.2. The van der Waals surface area contributed by atoms with Gasteiger partial charge in [0.2, 0.25) is 6.61 Å². The minimum Gasteiger partial charge on any atom is -0.479 e. The summed E-state index contributed by atoms with van der Waals surface area (Å²) in [5.41, 5.74) is 1.71. The predicted octanol–water partition coefficient (Wildman–Crippen LogP) is 1.42. The van der Waals surface area contributed by atoms with Gasteiger partial charge < -0.3 is 14.4 Å². The van der Waals surface area contributed by atoms with Crippen molar-refractivity contribution in [2.45, 2.75) is 19.3 Å².